The van der Waals surface area contributed by atoms with E-state index in [2.05, 4.69) is 10.3 Å². The molecule has 1 amide bonds. The molecule has 0 atom stereocenters. The monoisotopic (exact) mass is 369 g/mol. The molecule has 3 aromatic rings. The van der Waals surface area contributed by atoms with E-state index in [4.69, 9.17) is 0 Å². The van der Waals surface area contributed by atoms with Crippen LogP contribution in [0.1, 0.15) is 16.1 Å². The second-order valence-electron chi connectivity index (χ2n) is 5.84. The van der Waals surface area contributed by atoms with Gasteiger partial charge in [0.15, 0.2) is 0 Å². The predicted octanol–water partition coefficient (Wildman–Crippen LogP) is 0.470. The minimum atomic E-state index is -0.580. The molecule has 0 saturated carbocycles. The van der Waals surface area contributed by atoms with E-state index >= 15 is 0 Å². The lowest BCUT2D eigenvalue weighted by Crippen LogP contribution is -2.37. The third kappa shape index (κ3) is 3.19. The maximum absolute atomic E-state index is 12.4. The topological polar surface area (TPSA) is 129 Å². The summed E-state index contributed by atoms with van der Waals surface area (Å²) in [6.07, 6.45) is 0. The third-order valence-electron chi connectivity index (χ3n) is 4.16. The lowest BCUT2D eigenvalue weighted by atomic mass is 10.2. The number of nitro benzene ring substituents is 1. The summed E-state index contributed by atoms with van der Waals surface area (Å²) in [6, 6.07) is 8.84. The van der Waals surface area contributed by atoms with Crippen molar-refractivity contribution in [1.82, 2.24) is 19.4 Å². The number of carbonyl (C=O) groups is 1. The zero-order valence-electron chi connectivity index (χ0n) is 14.5. The number of fused-ring (bicyclic) bond motifs is 1. The first-order chi connectivity index (χ1) is 12.8. The lowest BCUT2D eigenvalue weighted by molar-refractivity contribution is -0.385. The molecule has 10 heteroatoms. The maximum Gasteiger partial charge on any atom is 0.332 e. The Morgan fingerprint density at radius 1 is 1.15 bits per heavy atom. The molecule has 0 bridgehead atoms. The number of hydrogen-bond acceptors (Lipinski definition) is 6. The van der Waals surface area contributed by atoms with Crippen LogP contribution >= 0.6 is 0 Å². The van der Waals surface area contributed by atoms with Crippen LogP contribution in [-0.4, -0.2) is 24.9 Å². The SMILES string of the molecule is Cn1c(=O)c2ccc(C(=O)NCc3ccccc3[N+](=O)[O-])nc2n(C)c1=O. The number of nitrogens with one attached hydrogen (secondary N) is 1. The van der Waals surface area contributed by atoms with Gasteiger partial charge in [-0.3, -0.25) is 28.8 Å². The fourth-order valence-electron chi connectivity index (χ4n) is 2.69. The molecule has 0 aliphatic carbocycles. The van der Waals surface area contributed by atoms with Crippen molar-refractivity contribution in [2.75, 3.05) is 0 Å². The number of hydrogen-bond donors (Lipinski definition) is 1. The summed E-state index contributed by atoms with van der Waals surface area (Å²) in [5, 5.41) is 13.8. The highest BCUT2D eigenvalue weighted by molar-refractivity contribution is 5.94. The van der Waals surface area contributed by atoms with Crippen LogP contribution in [0.25, 0.3) is 11.0 Å². The molecule has 0 radical (unpaired) electrons. The molecule has 2 aromatic heterocycles. The molecule has 27 heavy (non-hydrogen) atoms. The quantitative estimate of drug-likeness (QED) is 0.526. The Hall–Kier alpha value is -3.82. The number of rotatable bonds is 4. The zero-order valence-corrected chi connectivity index (χ0v) is 14.5. The molecule has 0 fully saturated rings. The summed E-state index contributed by atoms with van der Waals surface area (Å²) in [5.74, 6) is -0.580. The van der Waals surface area contributed by atoms with E-state index < -0.39 is 22.1 Å². The van der Waals surface area contributed by atoms with Gasteiger partial charge in [0.05, 0.1) is 10.3 Å². The van der Waals surface area contributed by atoms with Gasteiger partial charge in [-0.2, -0.15) is 0 Å². The smallest absolute Gasteiger partial charge is 0.332 e. The van der Waals surface area contributed by atoms with Gasteiger partial charge in [-0.1, -0.05) is 18.2 Å². The van der Waals surface area contributed by atoms with Gasteiger partial charge in [0.25, 0.3) is 17.2 Å². The van der Waals surface area contributed by atoms with Crippen molar-refractivity contribution in [3.8, 4) is 0 Å². The highest BCUT2D eigenvalue weighted by Gasteiger charge is 2.16. The Bertz CT molecular complexity index is 1190. The molecular weight excluding hydrogens is 354 g/mol. The average molecular weight is 369 g/mol. The van der Waals surface area contributed by atoms with E-state index in [0.29, 0.717) is 5.56 Å². The van der Waals surface area contributed by atoms with Crippen molar-refractivity contribution >= 4 is 22.6 Å². The van der Waals surface area contributed by atoms with E-state index in [0.717, 1.165) is 4.57 Å². The number of carbonyl (C=O) groups excluding carboxylic acids is 1. The maximum atomic E-state index is 12.4. The fourth-order valence-corrected chi connectivity index (χ4v) is 2.69. The minimum absolute atomic E-state index is 0.00987. The second kappa shape index (κ2) is 6.83. The van der Waals surface area contributed by atoms with Crippen LogP contribution in [0.15, 0.2) is 46.0 Å². The molecule has 2 heterocycles. The van der Waals surface area contributed by atoms with Crippen LogP contribution in [0.4, 0.5) is 5.69 Å². The third-order valence-corrected chi connectivity index (χ3v) is 4.16. The van der Waals surface area contributed by atoms with Crippen molar-refractivity contribution in [2.24, 2.45) is 14.1 Å². The van der Waals surface area contributed by atoms with Crippen LogP contribution in [-0.2, 0) is 20.6 Å². The van der Waals surface area contributed by atoms with Crippen LogP contribution in [0, 0.1) is 10.1 Å². The lowest BCUT2D eigenvalue weighted by Gasteiger charge is -2.09. The Kier molecular flexibility index (Phi) is 4.55. The summed E-state index contributed by atoms with van der Waals surface area (Å²) in [7, 11) is 2.81. The van der Waals surface area contributed by atoms with E-state index in [1.807, 2.05) is 0 Å². The fraction of sp³-hybridized carbons (Fsp3) is 0.176. The van der Waals surface area contributed by atoms with Crippen molar-refractivity contribution in [3.05, 3.63) is 78.6 Å². The van der Waals surface area contributed by atoms with Crippen LogP contribution in [0.3, 0.4) is 0 Å². The summed E-state index contributed by atoms with van der Waals surface area (Å²) < 4.78 is 2.13. The van der Waals surface area contributed by atoms with Gasteiger partial charge >= 0.3 is 5.69 Å². The van der Waals surface area contributed by atoms with Gasteiger partial charge in [0, 0.05) is 32.3 Å². The summed E-state index contributed by atoms with van der Waals surface area (Å²) in [6.45, 7) is -0.0643. The average Bonchev–Trinajstić information content (AvgIpc) is 2.68. The second-order valence-corrected chi connectivity index (χ2v) is 5.84. The molecule has 0 aliphatic heterocycles. The molecule has 0 saturated heterocycles. The first kappa shape index (κ1) is 18.0. The van der Waals surface area contributed by atoms with Crippen LogP contribution < -0.4 is 16.6 Å². The Morgan fingerprint density at radius 3 is 2.56 bits per heavy atom. The highest BCUT2D eigenvalue weighted by atomic mass is 16.6. The number of nitrogens with zero attached hydrogens (tertiary/aromatic N) is 4. The zero-order chi connectivity index (χ0) is 19.7. The predicted molar refractivity (Wildman–Crippen MR) is 96.5 cm³/mol. The number of nitro groups is 1. The molecule has 0 spiro atoms. The van der Waals surface area contributed by atoms with Crippen molar-refractivity contribution in [1.29, 1.82) is 0 Å². The van der Waals surface area contributed by atoms with Crippen LogP contribution in [0.2, 0.25) is 0 Å². The molecule has 0 aliphatic rings. The first-order valence-corrected chi connectivity index (χ1v) is 7.88. The molecule has 3 rings (SSSR count). The van der Waals surface area contributed by atoms with Crippen molar-refractivity contribution in [2.45, 2.75) is 6.54 Å². The van der Waals surface area contributed by atoms with E-state index in [1.54, 1.807) is 12.1 Å². The van der Waals surface area contributed by atoms with Gasteiger partial charge in [0.1, 0.15) is 11.3 Å². The number of para-hydroxylation sites is 1. The standard InChI is InChI=1S/C17H15N5O5/c1-20-14-11(16(24)21(2)17(20)25)7-8-12(19-14)15(23)18-9-10-5-3-4-6-13(10)22(26)27/h3-8H,9H2,1-2H3,(H,18,23). The van der Waals surface area contributed by atoms with Gasteiger partial charge in [-0.15, -0.1) is 0 Å². The number of amides is 1. The number of pyridine rings is 1. The van der Waals surface area contributed by atoms with Crippen molar-refractivity contribution in [3.63, 3.8) is 0 Å². The number of aryl methyl sites for hydroxylation is 1. The molecule has 138 valence electrons. The number of aromatic nitrogens is 3. The molecule has 1 N–H and O–H groups in total. The highest BCUT2D eigenvalue weighted by Crippen LogP contribution is 2.17. The number of benzene rings is 1. The van der Waals surface area contributed by atoms with Crippen molar-refractivity contribution < 1.29 is 9.72 Å². The Balaban J connectivity index is 1.92. The van der Waals surface area contributed by atoms with Crippen LogP contribution in [0.5, 0.6) is 0 Å². The molecular formula is C17H15N5O5. The minimum Gasteiger partial charge on any atom is -0.346 e. The summed E-state index contributed by atoms with van der Waals surface area (Å²) in [4.78, 5) is 51.1. The summed E-state index contributed by atoms with van der Waals surface area (Å²) >= 11 is 0. The first-order valence-electron chi connectivity index (χ1n) is 7.88. The molecule has 10 nitrogen and oxygen atoms in total. The molecule has 1 aromatic carbocycles. The van der Waals surface area contributed by atoms with Gasteiger partial charge < -0.3 is 5.32 Å². The van der Waals surface area contributed by atoms with Gasteiger partial charge in [-0.05, 0) is 12.1 Å². The largest absolute Gasteiger partial charge is 0.346 e. The normalized spacial score (nSPS) is 10.7. The molecule has 0 unspecified atom stereocenters. The van der Waals surface area contributed by atoms with E-state index in [-0.39, 0.29) is 29.0 Å². The van der Waals surface area contributed by atoms with Gasteiger partial charge in [0.2, 0.25) is 0 Å². The Morgan fingerprint density at radius 2 is 1.85 bits per heavy atom. The summed E-state index contributed by atoms with van der Waals surface area (Å²) in [5.41, 5.74) is -0.746. The Labute approximate surface area is 151 Å². The van der Waals surface area contributed by atoms with Gasteiger partial charge in [-0.25, -0.2) is 9.78 Å². The van der Waals surface area contributed by atoms with E-state index in [9.17, 15) is 24.5 Å². The van der Waals surface area contributed by atoms with E-state index in [1.165, 1.54) is 42.9 Å².